The minimum Gasteiger partial charge on any atom is -0.478 e. The van der Waals surface area contributed by atoms with Gasteiger partial charge in [-0.25, -0.2) is 4.79 Å². The second-order valence-corrected chi connectivity index (χ2v) is 5.92. The average Bonchev–Trinajstić information content (AvgIpc) is 2.99. The molecule has 0 saturated heterocycles. The first kappa shape index (κ1) is 17.8. The summed E-state index contributed by atoms with van der Waals surface area (Å²) >= 11 is 1.79. The van der Waals surface area contributed by atoms with Crippen LogP contribution in [0.1, 0.15) is 17.3 Å². The Kier molecular flexibility index (Phi) is 5.79. The summed E-state index contributed by atoms with van der Waals surface area (Å²) in [6, 6.07) is 0. The van der Waals surface area contributed by atoms with Crippen LogP contribution >= 0.6 is 23.3 Å². The van der Waals surface area contributed by atoms with Crippen molar-refractivity contribution in [1.29, 1.82) is 0 Å². The van der Waals surface area contributed by atoms with E-state index in [2.05, 4.69) is 27.0 Å². The van der Waals surface area contributed by atoms with Crippen molar-refractivity contribution in [2.24, 2.45) is 10.1 Å². The fourth-order valence-corrected chi connectivity index (χ4v) is 3.16. The lowest BCUT2D eigenvalue weighted by molar-refractivity contribution is -0.112. The maximum Gasteiger partial charge on any atom is 0.339 e. The van der Waals surface area contributed by atoms with Crippen LogP contribution in [-0.4, -0.2) is 33.7 Å². The fraction of sp³-hybridized carbons (Fsp3) is 0.0714. The first-order valence-corrected chi connectivity index (χ1v) is 8.22. The molecular formula is C14H13N5O3S2. The molecule has 124 valence electrons. The summed E-state index contributed by atoms with van der Waals surface area (Å²) in [6.45, 7) is 4.93. The van der Waals surface area contributed by atoms with Gasteiger partial charge in [-0.05, 0) is 25.6 Å². The van der Waals surface area contributed by atoms with E-state index in [1.807, 2.05) is 0 Å². The summed E-state index contributed by atoms with van der Waals surface area (Å²) in [5.74, 6) is -1.74. The van der Waals surface area contributed by atoms with Crippen LogP contribution in [0.4, 0.5) is 5.00 Å². The maximum absolute atomic E-state index is 12.3. The molecule has 2 aromatic rings. The number of hydrogen-bond acceptors (Lipinski definition) is 8. The lowest BCUT2D eigenvalue weighted by Gasteiger charge is -2.08. The molecule has 0 atom stereocenters. The Morgan fingerprint density at radius 1 is 1.46 bits per heavy atom. The first-order chi connectivity index (χ1) is 11.5. The number of nitrogens with one attached hydrogen (secondary N) is 1. The molecule has 0 fully saturated rings. The monoisotopic (exact) mass is 363 g/mol. The van der Waals surface area contributed by atoms with Crippen molar-refractivity contribution in [3.63, 3.8) is 0 Å². The lowest BCUT2D eigenvalue weighted by atomic mass is 10.1. The van der Waals surface area contributed by atoms with Gasteiger partial charge in [-0.3, -0.25) is 24.9 Å². The van der Waals surface area contributed by atoms with Gasteiger partial charge in [0.1, 0.15) is 15.5 Å². The molecule has 0 aliphatic rings. The van der Waals surface area contributed by atoms with Crippen molar-refractivity contribution in [3.05, 3.63) is 40.1 Å². The Morgan fingerprint density at radius 2 is 2.21 bits per heavy atom. The number of rotatable bonds is 6. The minimum absolute atomic E-state index is 0.0561. The van der Waals surface area contributed by atoms with Crippen molar-refractivity contribution < 1.29 is 14.7 Å². The molecule has 10 heteroatoms. The van der Waals surface area contributed by atoms with Gasteiger partial charge < -0.3 is 10.4 Å². The molecule has 0 spiro atoms. The number of carboxylic acids is 1. The third-order valence-electron chi connectivity index (χ3n) is 2.96. The molecule has 0 unspecified atom stereocenters. The summed E-state index contributed by atoms with van der Waals surface area (Å²) < 4.78 is 0. The topological polar surface area (TPSA) is 131 Å². The van der Waals surface area contributed by atoms with E-state index >= 15 is 0 Å². The summed E-state index contributed by atoms with van der Waals surface area (Å²) in [6.07, 6.45) is 4.40. The van der Waals surface area contributed by atoms with Crippen molar-refractivity contribution in [2.75, 3.05) is 5.32 Å². The molecule has 2 rings (SSSR count). The van der Waals surface area contributed by atoms with E-state index in [0.29, 0.717) is 28.9 Å². The third-order valence-corrected chi connectivity index (χ3v) is 4.57. The highest BCUT2D eigenvalue weighted by atomic mass is 32.2. The SMILES string of the molecule is C=N/C(C)=C(\SN)C(=O)Nc1scc(-c2cnccn2)c1C(=O)O. The molecule has 0 aromatic carbocycles. The number of nitrogens with zero attached hydrogens (tertiary/aromatic N) is 3. The molecule has 0 aliphatic carbocycles. The quantitative estimate of drug-likeness (QED) is 0.408. The zero-order valence-electron chi connectivity index (χ0n) is 12.5. The van der Waals surface area contributed by atoms with E-state index < -0.39 is 11.9 Å². The van der Waals surface area contributed by atoms with E-state index in [0.717, 1.165) is 11.3 Å². The summed E-state index contributed by atoms with van der Waals surface area (Å²) in [7, 11) is 0. The molecule has 0 aliphatic heterocycles. The molecular weight excluding hydrogens is 350 g/mol. The molecule has 0 bridgehead atoms. The largest absolute Gasteiger partial charge is 0.478 e. The van der Waals surface area contributed by atoms with Crippen LogP contribution in [0.3, 0.4) is 0 Å². The maximum atomic E-state index is 12.3. The lowest BCUT2D eigenvalue weighted by Crippen LogP contribution is -2.16. The fourth-order valence-electron chi connectivity index (χ4n) is 1.82. The van der Waals surface area contributed by atoms with Gasteiger partial charge >= 0.3 is 5.97 Å². The van der Waals surface area contributed by atoms with Gasteiger partial charge in [0.2, 0.25) is 0 Å². The predicted molar refractivity (Wildman–Crippen MR) is 95.0 cm³/mol. The van der Waals surface area contributed by atoms with Crippen LogP contribution < -0.4 is 10.5 Å². The van der Waals surface area contributed by atoms with Gasteiger partial charge in [-0.1, -0.05) is 0 Å². The van der Waals surface area contributed by atoms with Crippen LogP contribution in [0.2, 0.25) is 0 Å². The van der Waals surface area contributed by atoms with Crippen LogP contribution in [0, 0.1) is 0 Å². The number of carboxylic acid groups (broad SMARTS) is 1. The molecule has 2 heterocycles. The number of aliphatic imine (C=N–C) groups is 1. The van der Waals surface area contributed by atoms with E-state index in [1.165, 1.54) is 18.6 Å². The van der Waals surface area contributed by atoms with E-state index in [4.69, 9.17) is 5.14 Å². The van der Waals surface area contributed by atoms with Gasteiger partial charge in [0.25, 0.3) is 5.91 Å². The second-order valence-electron chi connectivity index (χ2n) is 4.39. The molecule has 2 aromatic heterocycles. The highest BCUT2D eigenvalue weighted by Crippen LogP contribution is 2.35. The smallest absolute Gasteiger partial charge is 0.339 e. The molecule has 1 amide bonds. The van der Waals surface area contributed by atoms with Crippen LogP contribution in [0.25, 0.3) is 11.3 Å². The molecule has 0 radical (unpaired) electrons. The zero-order valence-corrected chi connectivity index (χ0v) is 14.1. The van der Waals surface area contributed by atoms with Gasteiger partial charge in [0, 0.05) is 23.3 Å². The molecule has 8 nitrogen and oxygen atoms in total. The standard InChI is InChI=1S/C14H13N5O3S2/c1-7(16-2)11(24-15)12(20)19-13-10(14(21)22)8(6-23-13)9-5-17-3-4-18-9/h3-6H,2,15H2,1H3,(H,19,20)(H,21,22)/b11-7-. The predicted octanol–water partition coefficient (Wildman–Crippen LogP) is 2.38. The van der Waals surface area contributed by atoms with Gasteiger partial charge in [-0.15, -0.1) is 11.3 Å². The highest BCUT2D eigenvalue weighted by molar-refractivity contribution is 8.01. The molecule has 4 N–H and O–H groups in total. The number of aromatic carboxylic acids is 1. The van der Waals surface area contributed by atoms with Crippen molar-refractivity contribution in [3.8, 4) is 11.3 Å². The van der Waals surface area contributed by atoms with Crippen molar-refractivity contribution in [1.82, 2.24) is 9.97 Å². The third kappa shape index (κ3) is 3.67. The Hall–Kier alpha value is -2.56. The van der Waals surface area contributed by atoms with Gasteiger partial charge in [-0.2, -0.15) is 0 Å². The number of thiophene rings is 1. The Bertz CT molecular complexity index is 817. The average molecular weight is 363 g/mol. The van der Waals surface area contributed by atoms with Crippen LogP contribution in [0.5, 0.6) is 0 Å². The summed E-state index contributed by atoms with van der Waals surface area (Å²) in [5.41, 5.74) is 1.07. The number of anilines is 1. The van der Waals surface area contributed by atoms with Gasteiger partial charge in [0.15, 0.2) is 0 Å². The number of nitrogens with two attached hydrogens (primary N) is 1. The first-order valence-electron chi connectivity index (χ1n) is 6.46. The van der Waals surface area contributed by atoms with E-state index in [9.17, 15) is 14.7 Å². The zero-order chi connectivity index (χ0) is 17.7. The Labute approximate surface area is 145 Å². The number of carbonyl (C=O) groups excluding carboxylic acids is 1. The summed E-state index contributed by atoms with van der Waals surface area (Å²) in [5, 5.41) is 19.3. The van der Waals surface area contributed by atoms with Crippen LogP contribution in [-0.2, 0) is 4.79 Å². The highest BCUT2D eigenvalue weighted by Gasteiger charge is 2.23. The number of carbonyl (C=O) groups is 2. The van der Waals surface area contributed by atoms with Crippen molar-refractivity contribution >= 4 is 46.9 Å². The number of hydrogen-bond donors (Lipinski definition) is 3. The minimum atomic E-state index is -1.18. The Balaban J connectivity index is 2.42. The number of allylic oxidation sites excluding steroid dienone is 1. The summed E-state index contributed by atoms with van der Waals surface area (Å²) in [4.78, 5) is 35.7. The van der Waals surface area contributed by atoms with Crippen molar-refractivity contribution in [2.45, 2.75) is 6.92 Å². The van der Waals surface area contributed by atoms with Crippen LogP contribution in [0.15, 0.2) is 39.6 Å². The van der Waals surface area contributed by atoms with E-state index in [1.54, 1.807) is 12.3 Å². The normalized spacial score (nSPS) is 11.6. The van der Waals surface area contributed by atoms with Gasteiger partial charge in [0.05, 0.1) is 17.6 Å². The number of aromatic nitrogens is 2. The second kappa shape index (κ2) is 7.81. The molecule has 0 saturated carbocycles. The number of amides is 1. The molecule has 24 heavy (non-hydrogen) atoms. The Morgan fingerprint density at radius 3 is 2.75 bits per heavy atom. The van der Waals surface area contributed by atoms with E-state index in [-0.39, 0.29) is 15.5 Å².